The van der Waals surface area contributed by atoms with Crippen molar-refractivity contribution in [2.24, 2.45) is 5.73 Å². The first kappa shape index (κ1) is 8.06. The molecule has 6 heteroatoms. The highest BCUT2D eigenvalue weighted by atomic mass is 19.3. The van der Waals surface area contributed by atoms with Gasteiger partial charge in [0.25, 0.3) is 5.92 Å². The summed E-state index contributed by atoms with van der Waals surface area (Å²) in [5.74, 6) is -2.87. The van der Waals surface area contributed by atoms with Gasteiger partial charge in [0.15, 0.2) is 0 Å². The number of rotatable bonds is 3. The van der Waals surface area contributed by atoms with Crippen molar-refractivity contribution >= 4 is 0 Å². The standard InChI is InChI=1S/C5H8F2N4/c6-5(7,1-8)2-11-3-9-10-4-11/h3-4H,1-2,8H2. The van der Waals surface area contributed by atoms with Crippen LogP contribution in [-0.2, 0) is 6.54 Å². The van der Waals surface area contributed by atoms with Crippen LogP contribution >= 0.6 is 0 Å². The maximum absolute atomic E-state index is 12.5. The molecule has 4 nitrogen and oxygen atoms in total. The highest BCUT2D eigenvalue weighted by Gasteiger charge is 2.26. The Morgan fingerprint density at radius 2 is 1.91 bits per heavy atom. The molecule has 0 saturated heterocycles. The van der Waals surface area contributed by atoms with Gasteiger partial charge in [0.05, 0.1) is 13.1 Å². The van der Waals surface area contributed by atoms with Gasteiger partial charge in [-0.25, -0.2) is 8.78 Å². The van der Waals surface area contributed by atoms with Gasteiger partial charge in [-0.1, -0.05) is 0 Å². The molecule has 0 aromatic carbocycles. The number of hydrogen-bond donors (Lipinski definition) is 1. The van der Waals surface area contributed by atoms with E-state index < -0.39 is 19.0 Å². The van der Waals surface area contributed by atoms with Crippen molar-refractivity contribution < 1.29 is 8.78 Å². The van der Waals surface area contributed by atoms with E-state index in [1.165, 1.54) is 17.2 Å². The molecule has 0 amide bonds. The summed E-state index contributed by atoms with van der Waals surface area (Å²) in [4.78, 5) is 0. The smallest absolute Gasteiger partial charge is 0.277 e. The van der Waals surface area contributed by atoms with E-state index in [9.17, 15) is 8.78 Å². The third kappa shape index (κ3) is 2.23. The number of nitrogens with zero attached hydrogens (tertiary/aromatic N) is 3. The molecule has 0 aliphatic heterocycles. The number of nitrogens with two attached hydrogens (primary N) is 1. The van der Waals surface area contributed by atoms with Gasteiger partial charge < -0.3 is 10.3 Å². The summed E-state index contributed by atoms with van der Waals surface area (Å²) >= 11 is 0. The van der Waals surface area contributed by atoms with Crippen molar-refractivity contribution in [3.8, 4) is 0 Å². The molecule has 0 atom stereocenters. The summed E-state index contributed by atoms with van der Waals surface area (Å²) in [6.45, 7) is -1.12. The second-order valence-corrected chi connectivity index (χ2v) is 2.19. The largest absolute Gasteiger partial charge is 0.325 e. The Hall–Kier alpha value is -1.04. The molecule has 11 heavy (non-hydrogen) atoms. The molecule has 1 aromatic heterocycles. The Kier molecular flexibility index (Phi) is 2.13. The van der Waals surface area contributed by atoms with E-state index in [0.29, 0.717) is 0 Å². The van der Waals surface area contributed by atoms with Crippen molar-refractivity contribution in [3.05, 3.63) is 12.7 Å². The number of alkyl halides is 2. The van der Waals surface area contributed by atoms with Crippen molar-refractivity contribution in [1.29, 1.82) is 0 Å². The third-order valence-electron chi connectivity index (χ3n) is 1.18. The second kappa shape index (κ2) is 2.91. The molecule has 0 aliphatic rings. The zero-order valence-electron chi connectivity index (χ0n) is 5.74. The Balaban J connectivity index is 2.56. The first-order chi connectivity index (χ1) is 5.14. The Bertz CT molecular complexity index is 208. The zero-order valence-corrected chi connectivity index (χ0v) is 5.74. The van der Waals surface area contributed by atoms with Gasteiger partial charge in [-0.15, -0.1) is 10.2 Å². The molecule has 1 aromatic rings. The molecule has 0 spiro atoms. The predicted octanol–water partition coefficient (Wildman–Crippen LogP) is -0.128. The quantitative estimate of drug-likeness (QED) is 0.673. The van der Waals surface area contributed by atoms with Crippen molar-refractivity contribution in [2.75, 3.05) is 6.54 Å². The van der Waals surface area contributed by atoms with E-state index in [1.54, 1.807) is 0 Å². The number of halogens is 2. The third-order valence-corrected chi connectivity index (χ3v) is 1.18. The summed E-state index contributed by atoms with van der Waals surface area (Å²) < 4.78 is 26.2. The van der Waals surface area contributed by atoms with Crippen LogP contribution in [0.1, 0.15) is 0 Å². The molecular weight excluding hydrogens is 154 g/mol. The van der Waals surface area contributed by atoms with Gasteiger partial charge in [0.2, 0.25) is 0 Å². The number of hydrogen-bond acceptors (Lipinski definition) is 3. The van der Waals surface area contributed by atoms with E-state index >= 15 is 0 Å². The van der Waals surface area contributed by atoms with E-state index in [2.05, 4.69) is 10.2 Å². The second-order valence-electron chi connectivity index (χ2n) is 2.19. The molecule has 0 unspecified atom stereocenters. The van der Waals surface area contributed by atoms with Gasteiger partial charge in [-0.3, -0.25) is 0 Å². The van der Waals surface area contributed by atoms with Crippen LogP contribution in [-0.4, -0.2) is 27.2 Å². The lowest BCUT2D eigenvalue weighted by molar-refractivity contribution is -0.00672. The highest BCUT2D eigenvalue weighted by Crippen LogP contribution is 2.12. The van der Waals surface area contributed by atoms with Crippen LogP contribution in [0.5, 0.6) is 0 Å². The molecule has 62 valence electrons. The van der Waals surface area contributed by atoms with Crippen molar-refractivity contribution in [2.45, 2.75) is 12.5 Å². The van der Waals surface area contributed by atoms with E-state index in [0.717, 1.165) is 0 Å². The normalized spacial score (nSPS) is 11.9. The Morgan fingerprint density at radius 1 is 1.36 bits per heavy atom. The average molecular weight is 162 g/mol. The fourth-order valence-corrected chi connectivity index (χ4v) is 0.635. The Morgan fingerprint density at radius 3 is 2.36 bits per heavy atom. The lowest BCUT2D eigenvalue weighted by Gasteiger charge is -2.12. The minimum absolute atomic E-state index is 0.462. The van der Waals surface area contributed by atoms with Gasteiger partial charge in [0, 0.05) is 0 Å². The van der Waals surface area contributed by atoms with Crippen molar-refractivity contribution in [3.63, 3.8) is 0 Å². The van der Waals surface area contributed by atoms with Crippen LogP contribution in [0, 0.1) is 0 Å². The first-order valence-electron chi connectivity index (χ1n) is 3.04. The maximum Gasteiger partial charge on any atom is 0.277 e. The van der Waals surface area contributed by atoms with Gasteiger partial charge in [-0.2, -0.15) is 0 Å². The molecule has 0 saturated carbocycles. The van der Waals surface area contributed by atoms with Crippen LogP contribution < -0.4 is 5.73 Å². The molecule has 1 heterocycles. The first-order valence-corrected chi connectivity index (χ1v) is 3.04. The molecule has 0 bridgehead atoms. The van der Waals surface area contributed by atoms with E-state index in [1.807, 2.05) is 0 Å². The molecule has 0 fully saturated rings. The maximum atomic E-state index is 12.5. The summed E-state index contributed by atoms with van der Waals surface area (Å²) in [7, 11) is 0. The lowest BCUT2D eigenvalue weighted by atomic mass is 10.3. The van der Waals surface area contributed by atoms with Crippen LogP contribution in [0.15, 0.2) is 12.7 Å². The minimum Gasteiger partial charge on any atom is -0.325 e. The number of aromatic nitrogens is 3. The minimum atomic E-state index is -2.87. The average Bonchev–Trinajstić information content (AvgIpc) is 2.39. The predicted molar refractivity (Wildman–Crippen MR) is 34.0 cm³/mol. The van der Waals surface area contributed by atoms with Crippen LogP contribution in [0.3, 0.4) is 0 Å². The SMILES string of the molecule is NCC(F)(F)Cn1cnnc1. The van der Waals surface area contributed by atoms with Crippen LogP contribution in [0.4, 0.5) is 8.78 Å². The summed E-state index contributed by atoms with van der Waals surface area (Å²) in [5.41, 5.74) is 4.82. The highest BCUT2D eigenvalue weighted by molar-refractivity contribution is 4.71. The topological polar surface area (TPSA) is 56.7 Å². The summed E-state index contributed by atoms with van der Waals surface area (Å²) in [6.07, 6.45) is 2.45. The fourth-order valence-electron chi connectivity index (χ4n) is 0.635. The van der Waals surface area contributed by atoms with Crippen molar-refractivity contribution in [1.82, 2.24) is 14.8 Å². The molecule has 2 N–H and O–H groups in total. The zero-order chi connectivity index (χ0) is 8.32. The molecule has 0 radical (unpaired) electrons. The summed E-state index contributed by atoms with van der Waals surface area (Å²) in [5, 5.41) is 6.76. The molecule has 0 aliphatic carbocycles. The monoisotopic (exact) mass is 162 g/mol. The summed E-state index contributed by atoms with van der Waals surface area (Å²) in [6, 6.07) is 0. The van der Waals surface area contributed by atoms with Gasteiger partial charge in [0.1, 0.15) is 12.7 Å². The Labute approximate surface area is 62.0 Å². The van der Waals surface area contributed by atoms with Crippen LogP contribution in [0.2, 0.25) is 0 Å². The van der Waals surface area contributed by atoms with Crippen LogP contribution in [0.25, 0.3) is 0 Å². The van der Waals surface area contributed by atoms with Gasteiger partial charge in [-0.05, 0) is 0 Å². The molecule has 1 rings (SSSR count). The fraction of sp³-hybridized carbons (Fsp3) is 0.600. The van der Waals surface area contributed by atoms with E-state index in [4.69, 9.17) is 5.73 Å². The lowest BCUT2D eigenvalue weighted by Crippen LogP contribution is -2.32. The molecular formula is C5H8F2N4. The van der Waals surface area contributed by atoms with Gasteiger partial charge >= 0.3 is 0 Å². The van der Waals surface area contributed by atoms with E-state index in [-0.39, 0.29) is 0 Å².